The van der Waals surface area contributed by atoms with Gasteiger partial charge in [-0.3, -0.25) is 0 Å². The molecule has 0 aliphatic carbocycles. The third-order valence-electron chi connectivity index (χ3n) is 2.77. The van der Waals surface area contributed by atoms with Gasteiger partial charge < -0.3 is 9.67 Å². The first-order valence-electron chi connectivity index (χ1n) is 5.18. The fraction of sp³-hybridized carbons (Fsp3) is 0.231. The number of benzene rings is 1. The molecule has 2 rings (SSSR count). The van der Waals surface area contributed by atoms with Crippen molar-refractivity contribution in [2.24, 2.45) is 0 Å². The average molecular weight is 236 g/mol. The molecule has 0 saturated heterocycles. The maximum atomic E-state index is 9.22. The quantitative estimate of drug-likeness (QED) is 0.850. The zero-order valence-electron chi connectivity index (χ0n) is 9.37. The van der Waals surface area contributed by atoms with Gasteiger partial charge in [-0.1, -0.05) is 17.7 Å². The van der Waals surface area contributed by atoms with Gasteiger partial charge >= 0.3 is 0 Å². The summed E-state index contributed by atoms with van der Waals surface area (Å²) in [5, 5.41) is 9.94. The molecule has 84 valence electrons. The molecule has 0 spiro atoms. The average Bonchev–Trinajstić information content (AvgIpc) is 2.53. The third-order valence-corrected chi connectivity index (χ3v) is 3.01. The Morgan fingerprint density at radius 2 is 2.00 bits per heavy atom. The summed E-state index contributed by atoms with van der Waals surface area (Å²) in [6, 6.07) is 9.70. The van der Waals surface area contributed by atoms with Gasteiger partial charge in [0.05, 0.1) is 6.61 Å². The lowest BCUT2D eigenvalue weighted by Gasteiger charge is -2.10. The van der Waals surface area contributed by atoms with Crippen LogP contribution in [0.4, 0.5) is 0 Å². The summed E-state index contributed by atoms with van der Waals surface area (Å²) in [4.78, 5) is 0. The summed E-state index contributed by atoms with van der Waals surface area (Å²) in [6.07, 6.45) is 0. The minimum absolute atomic E-state index is 0.0697. The number of hydrogen-bond donors (Lipinski definition) is 1. The van der Waals surface area contributed by atoms with Crippen molar-refractivity contribution in [2.45, 2.75) is 20.5 Å². The predicted molar refractivity (Wildman–Crippen MR) is 66.2 cm³/mol. The second kappa shape index (κ2) is 4.32. The third kappa shape index (κ3) is 1.86. The maximum absolute atomic E-state index is 9.22. The lowest BCUT2D eigenvalue weighted by Crippen LogP contribution is -1.99. The van der Waals surface area contributed by atoms with Crippen LogP contribution >= 0.6 is 11.6 Å². The lowest BCUT2D eigenvalue weighted by molar-refractivity contribution is 0.281. The van der Waals surface area contributed by atoms with Gasteiger partial charge in [0, 0.05) is 22.1 Å². The fourth-order valence-electron chi connectivity index (χ4n) is 2.00. The number of hydrogen-bond acceptors (Lipinski definition) is 1. The van der Waals surface area contributed by atoms with Crippen LogP contribution in [-0.2, 0) is 6.61 Å². The summed E-state index contributed by atoms with van der Waals surface area (Å²) < 4.78 is 2.09. The largest absolute Gasteiger partial charge is 0.392 e. The van der Waals surface area contributed by atoms with Gasteiger partial charge in [0.2, 0.25) is 0 Å². The molecule has 1 aromatic heterocycles. The van der Waals surface area contributed by atoms with Crippen LogP contribution in [0.3, 0.4) is 0 Å². The first-order valence-corrected chi connectivity index (χ1v) is 5.56. The lowest BCUT2D eigenvalue weighted by atomic mass is 10.2. The van der Waals surface area contributed by atoms with E-state index in [-0.39, 0.29) is 6.61 Å². The van der Waals surface area contributed by atoms with Crippen LogP contribution in [0, 0.1) is 13.8 Å². The summed E-state index contributed by atoms with van der Waals surface area (Å²) in [5.74, 6) is 0. The van der Waals surface area contributed by atoms with E-state index in [4.69, 9.17) is 11.6 Å². The van der Waals surface area contributed by atoms with Crippen molar-refractivity contribution < 1.29 is 5.11 Å². The molecule has 0 saturated carbocycles. The monoisotopic (exact) mass is 235 g/mol. The zero-order chi connectivity index (χ0) is 11.7. The highest BCUT2D eigenvalue weighted by molar-refractivity contribution is 6.30. The number of nitrogens with zero attached hydrogens (tertiary/aromatic N) is 1. The van der Waals surface area contributed by atoms with E-state index in [1.807, 2.05) is 44.2 Å². The van der Waals surface area contributed by atoms with Gasteiger partial charge in [-0.25, -0.2) is 0 Å². The number of halogens is 1. The molecule has 0 amide bonds. The second-order valence-corrected chi connectivity index (χ2v) is 4.31. The summed E-state index contributed by atoms with van der Waals surface area (Å²) >= 11 is 5.98. The molecule has 0 aliphatic rings. The van der Waals surface area contributed by atoms with Gasteiger partial charge in [-0.15, -0.1) is 0 Å². The van der Waals surface area contributed by atoms with Crippen LogP contribution in [0.2, 0.25) is 5.02 Å². The van der Waals surface area contributed by atoms with Crippen molar-refractivity contribution in [3.05, 3.63) is 52.3 Å². The standard InChI is InChI=1S/C13H14ClNO/c1-9-6-11(8-16)10(2)15(9)13-5-3-4-12(14)7-13/h3-7,16H,8H2,1-2H3. The maximum Gasteiger partial charge on any atom is 0.0699 e. The van der Waals surface area contributed by atoms with Crippen LogP contribution in [0.5, 0.6) is 0 Å². The Hall–Kier alpha value is -1.25. The van der Waals surface area contributed by atoms with Crippen LogP contribution in [0.25, 0.3) is 5.69 Å². The number of aliphatic hydroxyl groups excluding tert-OH is 1. The molecule has 2 aromatic rings. The number of aryl methyl sites for hydroxylation is 1. The van der Waals surface area contributed by atoms with Crippen molar-refractivity contribution in [2.75, 3.05) is 0 Å². The minimum atomic E-state index is 0.0697. The first-order chi connectivity index (χ1) is 7.63. The van der Waals surface area contributed by atoms with Gasteiger partial charge in [0.1, 0.15) is 0 Å². The van der Waals surface area contributed by atoms with E-state index in [1.165, 1.54) is 0 Å². The Labute approximate surface area is 100 Å². The highest BCUT2D eigenvalue weighted by Gasteiger charge is 2.09. The van der Waals surface area contributed by atoms with Crippen LogP contribution in [0.15, 0.2) is 30.3 Å². The number of aliphatic hydroxyl groups is 1. The number of aromatic nitrogens is 1. The molecule has 0 fully saturated rings. The summed E-state index contributed by atoms with van der Waals surface area (Å²) in [7, 11) is 0. The molecular formula is C13H14ClNO. The minimum Gasteiger partial charge on any atom is -0.392 e. The van der Waals surface area contributed by atoms with Crippen molar-refractivity contribution in [3.8, 4) is 5.69 Å². The molecule has 0 unspecified atom stereocenters. The molecule has 0 atom stereocenters. The first kappa shape index (κ1) is 11.2. The molecule has 1 heterocycles. The van der Waals surface area contributed by atoms with E-state index < -0.39 is 0 Å². The van der Waals surface area contributed by atoms with Crippen molar-refractivity contribution in [3.63, 3.8) is 0 Å². The highest BCUT2D eigenvalue weighted by Crippen LogP contribution is 2.22. The molecule has 0 aliphatic heterocycles. The van der Waals surface area contributed by atoms with Crippen LogP contribution in [0.1, 0.15) is 17.0 Å². The topological polar surface area (TPSA) is 25.2 Å². The highest BCUT2D eigenvalue weighted by atomic mass is 35.5. The van der Waals surface area contributed by atoms with E-state index in [0.29, 0.717) is 0 Å². The molecule has 1 N–H and O–H groups in total. The van der Waals surface area contributed by atoms with E-state index in [2.05, 4.69) is 4.57 Å². The Balaban J connectivity index is 2.60. The van der Waals surface area contributed by atoms with Gasteiger partial charge in [0.15, 0.2) is 0 Å². The molecular weight excluding hydrogens is 222 g/mol. The second-order valence-electron chi connectivity index (χ2n) is 3.87. The van der Waals surface area contributed by atoms with Gasteiger partial charge in [-0.05, 0) is 43.7 Å². The molecule has 0 radical (unpaired) electrons. The van der Waals surface area contributed by atoms with Crippen molar-refractivity contribution >= 4 is 11.6 Å². The zero-order valence-corrected chi connectivity index (χ0v) is 10.1. The smallest absolute Gasteiger partial charge is 0.0699 e. The Morgan fingerprint density at radius 3 is 2.56 bits per heavy atom. The van der Waals surface area contributed by atoms with Crippen LogP contribution in [-0.4, -0.2) is 9.67 Å². The Kier molecular flexibility index (Phi) is 3.03. The summed E-state index contributed by atoms with van der Waals surface area (Å²) in [6.45, 7) is 4.09. The van der Waals surface area contributed by atoms with Gasteiger partial charge in [0.25, 0.3) is 0 Å². The van der Waals surface area contributed by atoms with E-state index in [9.17, 15) is 5.11 Å². The van der Waals surface area contributed by atoms with Gasteiger partial charge in [-0.2, -0.15) is 0 Å². The van der Waals surface area contributed by atoms with E-state index in [0.717, 1.165) is 27.7 Å². The SMILES string of the molecule is Cc1cc(CO)c(C)n1-c1cccc(Cl)c1. The summed E-state index contributed by atoms with van der Waals surface area (Å²) in [5.41, 5.74) is 4.14. The Bertz CT molecular complexity index is 517. The predicted octanol–water partition coefficient (Wildman–Crippen LogP) is 3.24. The van der Waals surface area contributed by atoms with E-state index >= 15 is 0 Å². The van der Waals surface area contributed by atoms with E-state index in [1.54, 1.807) is 0 Å². The number of rotatable bonds is 2. The van der Waals surface area contributed by atoms with Crippen LogP contribution < -0.4 is 0 Å². The molecule has 2 nitrogen and oxygen atoms in total. The molecule has 16 heavy (non-hydrogen) atoms. The normalized spacial score (nSPS) is 10.8. The molecule has 1 aromatic carbocycles. The van der Waals surface area contributed by atoms with Crippen molar-refractivity contribution in [1.82, 2.24) is 4.57 Å². The van der Waals surface area contributed by atoms with Crippen molar-refractivity contribution in [1.29, 1.82) is 0 Å². The molecule has 3 heteroatoms. The molecule has 0 bridgehead atoms. The Morgan fingerprint density at radius 1 is 1.25 bits per heavy atom. The fourth-order valence-corrected chi connectivity index (χ4v) is 2.19.